The molecule has 0 aliphatic heterocycles. The van der Waals surface area contributed by atoms with E-state index < -0.39 is 6.10 Å². The Bertz CT molecular complexity index is 1580. The molecule has 11 heteroatoms. The van der Waals surface area contributed by atoms with Gasteiger partial charge in [-0.25, -0.2) is 9.97 Å². The Hall–Kier alpha value is -4.44. The molecule has 2 aromatic carbocycles. The van der Waals surface area contributed by atoms with Gasteiger partial charge in [-0.3, -0.25) is 0 Å². The number of nitrogen functional groups attached to an aromatic ring is 1. The van der Waals surface area contributed by atoms with Crippen molar-refractivity contribution in [1.82, 2.24) is 9.97 Å². The molecule has 4 aromatic rings. The molecule has 4 rings (SSSR count). The summed E-state index contributed by atoms with van der Waals surface area (Å²) in [5.41, 5.74) is 10.8. The minimum Gasteiger partial charge on any atom is -0.394 e. The maximum Gasteiger partial charge on any atom is 0.187 e. The second kappa shape index (κ2) is 12.9. The standard InChI is InChI=1S/C28H23N7O2S2/c29-11-18-3-8-20(9-4-18)33-28-34-21(16-39-28)15-38-27-24(13-31)25(23(12-30)26(32)35-27)19-6-1-17(2-7-19)5-10-22(37)14-36/h1-4,6-9,16,22,36-37H,5,10,14-15H2,(H2,32,35)(H,33,34)/t22-/m0/s1. The predicted octanol–water partition coefficient (Wildman–Crippen LogP) is 4.72. The maximum atomic E-state index is 10.1. The van der Waals surface area contributed by atoms with E-state index in [-0.39, 0.29) is 23.6 Å². The molecule has 39 heavy (non-hydrogen) atoms. The normalized spacial score (nSPS) is 11.3. The van der Waals surface area contributed by atoms with Crippen LogP contribution in [0.3, 0.4) is 0 Å². The molecule has 0 aliphatic carbocycles. The third-order valence-corrected chi connectivity index (χ3v) is 7.62. The number of aromatic nitrogens is 2. The van der Waals surface area contributed by atoms with Crippen LogP contribution < -0.4 is 11.1 Å². The van der Waals surface area contributed by atoms with E-state index in [0.717, 1.165) is 16.9 Å². The van der Waals surface area contributed by atoms with Crippen molar-refractivity contribution in [2.24, 2.45) is 0 Å². The highest BCUT2D eigenvalue weighted by Gasteiger charge is 2.21. The van der Waals surface area contributed by atoms with Crippen LogP contribution in [0.25, 0.3) is 11.1 Å². The highest BCUT2D eigenvalue weighted by atomic mass is 32.2. The minimum absolute atomic E-state index is 0.0468. The Kier molecular flexibility index (Phi) is 9.11. The largest absolute Gasteiger partial charge is 0.394 e. The van der Waals surface area contributed by atoms with Gasteiger partial charge in [0.05, 0.1) is 35.6 Å². The van der Waals surface area contributed by atoms with Gasteiger partial charge in [-0.05, 0) is 48.2 Å². The van der Waals surface area contributed by atoms with Crippen molar-refractivity contribution in [3.8, 4) is 29.3 Å². The van der Waals surface area contributed by atoms with E-state index in [0.29, 0.717) is 45.4 Å². The molecule has 2 aromatic heterocycles. The quantitative estimate of drug-likeness (QED) is 0.201. The van der Waals surface area contributed by atoms with Gasteiger partial charge >= 0.3 is 0 Å². The number of anilines is 3. The zero-order valence-corrected chi connectivity index (χ0v) is 22.3. The fourth-order valence-electron chi connectivity index (χ4n) is 3.78. The van der Waals surface area contributed by atoms with Gasteiger partial charge in [0.25, 0.3) is 0 Å². The van der Waals surface area contributed by atoms with Gasteiger partial charge < -0.3 is 21.3 Å². The topological polar surface area (TPSA) is 176 Å². The lowest BCUT2D eigenvalue weighted by molar-refractivity contribution is 0.0886. The zero-order chi connectivity index (χ0) is 27.8. The molecule has 0 aliphatic rings. The number of nitrogens with one attached hydrogen (secondary N) is 1. The zero-order valence-electron chi connectivity index (χ0n) is 20.6. The summed E-state index contributed by atoms with van der Waals surface area (Å²) in [7, 11) is 0. The molecule has 0 unspecified atom stereocenters. The van der Waals surface area contributed by atoms with Gasteiger partial charge in [0.15, 0.2) is 5.13 Å². The summed E-state index contributed by atoms with van der Waals surface area (Å²) in [6.45, 7) is -0.290. The summed E-state index contributed by atoms with van der Waals surface area (Å²) in [4.78, 5) is 8.96. The van der Waals surface area contributed by atoms with E-state index in [1.54, 1.807) is 12.1 Å². The van der Waals surface area contributed by atoms with Crippen LogP contribution in [0.2, 0.25) is 0 Å². The van der Waals surface area contributed by atoms with E-state index in [1.807, 2.05) is 41.8 Å². The molecule has 194 valence electrons. The highest BCUT2D eigenvalue weighted by molar-refractivity contribution is 7.98. The second-order valence-electron chi connectivity index (χ2n) is 8.47. The first kappa shape index (κ1) is 27.6. The van der Waals surface area contributed by atoms with Gasteiger partial charge in [-0.2, -0.15) is 15.8 Å². The number of pyridine rings is 1. The van der Waals surface area contributed by atoms with Crippen LogP contribution in [0.1, 0.15) is 34.4 Å². The van der Waals surface area contributed by atoms with Crippen molar-refractivity contribution in [2.45, 2.75) is 29.7 Å². The summed E-state index contributed by atoms with van der Waals surface area (Å²) in [5, 5.41) is 53.6. The summed E-state index contributed by atoms with van der Waals surface area (Å²) >= 11 is 2.75. The molecular weight excluding hydrogens is 530 g/mol. The van der Waals surface area contributed by atoms with Crippen molar-refractivity contribution in [2.75, 3.05) is 17.7 Å². The molecule has 0 spiro atoms. The average Bonchev–Trinajstić information content (AvgIpc) is 3.42. The molecule has 9 nitrogen and oxygen atoms in total. The van der Waals surface area contributed by atoms with Crippen molar-refractivity contribution in [3.63, 3.8) is 0 Å². The van der Waals surface area contributed by atoms with Crippen molar-refractivity contribution >= 4 is 39.7 Å². The predicted molar refractivity (Wildman–Crippen MR) is 151 cm³/mol. The number of aliphatic hydroxyl groups is 2. The smallest absolute Gasteiger partial charge is 0.187 e. The number of hydrogen-bond acceptors (Lipinski definition) is 11. The van der Waals surface area contributed by atoms with Gasteiger partial charge in [-0.1, -0.05) is 36.0 Å². The molecule has 0 amide bonds. The molecular formula is C28H23N7O2S2. The summed E-state index contributed by atoms with van der Waals surface area (Å²) in [6.07, 6.45) is 0.223. The molecule has 0 radical (unpaired) electrons. The van der Waals surface area contributed by atoms with Crippen LogP contribution in [-0.2, 0) is 12.2 Å². The fraction of sp³-hybridized carbons (Fsp3) is 0.179. The first-order valence-electron chi connectivity index (χ1n) is 11.8. The van der Waals surface area contributed by atoms with Crippen LogP contribution in [0.4, 0.5) is 16.6 Å². The molecule has 0 bridgehead atoms. The van der Waals surface area contributed by atoms with Gasteiger partial charge in [0.2, 0.25) is 0 Å². The fourth-order valence-corrected chi connectivity index (χ4v) is 5.50. The van der Waals surface area contributed by atoms with E-state index in [9.17, 15) is 15.6 Å². The number of thioether (sulfide) groups is 1. The molecule has 0 fully saturated rings. The Morgan fingerprint density at radius 3 is 2.33 bits per heavy atom. The number of hydrogen-bond donors (Lipinski definition) is 4. The summed E-state index contributed by atoms with van der Waals surface area (Å²) in [6, 6.07) is 20.8. The van der Waals surface area contributed by atoms with Crippen molar-refractivity contribution in [3.05, 3.63) is 81.9 Å². The Labute approximate surface area is 233 Å². The lowest BCUT2D eigenvalue weighted by Crippen LogP contribution is -2.12. The monoisotopic (exact) mass is 553 g/mol. The van der Waals surface area contributed by atoms with Crippen molar-refractivity contribution < 1.29 is 10.2 Å². The second-order valence-corrected chi connectivity index (χ2v) is 10.3. The summed E-state index contributed by atoms with van der Waals surface area (Å²) < 4.78 is 0. The van der Waals surface area contributed by atoms with Gasteiger partial charge in [0, 0.05) is 22.4 Å². The number of aryl methyl sites for hydroxylation is 1. The molecule has 1 atom stereocenters. The number of nitrogens with two attached hydrogens (primary N) is 1. The summed E-state index contributed by atoms with van der Waals surface area (Å²) in [5.74, 6) is 0.482. The van der Waals surface area contributed by atoms with Crippen molar-refractivity contribution in [1.29, 1.82) is 15.8 Å². The van der Waals surface area contributed by atoms with Crippen LogP contribution >= 0.6 is 23.1 Å². The van der Waals surface area contributed by atoms with E-state index in [2.05, 4.69) is 33.5 Å². The Balaban J connectivity index is 1.54. The van der Waals surface area contributed by atoms with Gasteiger partial charge in [0.1, 0.15) is 28.5 Å². The number of thiazole rings is 1. The molecule has 5 N–H and O–H groups in total. The van der Waals surface area contributed by atoms with E-state index in [4.69, 9.17) is 16.1 Å². The van der Waals surface area contributed by atoms with Crippen LogP contribution in [0.15, 0.2) is 58.9 Å². The number of rotatable bonds is 10. The first-order valence-corrected chi connectivity index (χ1v) is 13.7. The Morgan fingerprint density at radius 1 is 0.974 bits per heavy atom. The number of aliphatic hydroxyl groups excluding tert-OH is 2. The number of nitrogens with zero attached hydrogens (tertiary/aromatic N) is 5. The number of benzene rings is 2. The van der Waals surface area contributed by atoms with E-state index >= 15 is 0 Å². The molecule has 0 saturated heterocycles. The lowest BCUT2D eigenvalue weighted by Gasteiger charge is -2.13. The molecule has 2 heterocycles. The van der Waals surface area contributed by atoms with Crippen LogP contribution in [0, 0.1) is 34.0 Å². The SMILES string of the molecule is N#Cc1ccc(Nc2nc(CSc3nc(N)c(C#N)c(-c4ccc(CC[C@H](O)CO)cc4)c3C#N)cs2)cc1. The molecule has 0 saturated carbocycles. The van der Waals surface area contributed by atoms with Gasteiger partial charge in [-0.15, -0.1) is 11.3 Å². The van der Waals surface area contributed by atoms with Crippen LogP contribution in [0.5, 0.6) is 0 Å². The average molecular weight is 554 g/mol. The number of nitriles is 3. The minimum atomic E-state index is -0.778. The van der Waals surface area contributed by atoms with Crippen LogP contribution in [-0.4, -0.2) is 32.9 Å². The highest BCUT2D eigenvalue weighted by Crippen LogP contribution is 2.37. The first-order chi connectivity index (χ1) is 18.9. The lowest BCUT2D eigenvalue weighted by atomic mass is 9.95. The Morgan fingerprint density at radius 2 is 1.69 bits per heavy atom. The third-order valence-electron chi connectivity index (χ3n) is 5.81. The maximum absolute atomic E-state index is 10.1. The van der Waals surface area contributed by atoms with E-state index in [1.165, 1.54) is 23.1 Å². The third kappa shape index (κ3) is 6.71.